The molecule has 3 saturated heterocycles. The van der Waals surface area contributed by atoms with Gasteiger partial charge in [0.25, 0.3) is 0 Å². The number of benzene rings is 5. The topological polar surface area (TPSA) is 310 Å². The number of sulfone groups is 1. The molecule has 19 rings (SSSR count). The molecule has 3 aliphatic heterocycles. The van der Waals surface area contributed by atoms with Gasteiger partial charge in [0.1, 0.15) is 11.6 Å². The van der Waals surface area contributed by atoms with Gasteiger partial charge >= 0.3 is 0 Å². The lowest BCUT2D eigenvalue weighted by molar-refractivity contribution is 0.1000. The molecule has 118 heavy (non-hydrogen) atoms. The Kier molecular flexibility index (Phi) is 22.8. The monoisotopic (exact) mass is 1600 g/mol. The molecule has 0 atom stereocenters. The van der Waals surface area contributed by atoms with Crippen molar-refractivity contribution in [3.63, 3.8) is 0 Å². The molecule has 3 fully saturated rings. The molecule has 1 amide bonds. The number of H-pyrrole nitrogens is 3. The first-order chi connectivity index (χ1) is 57.4. The number of nitrogens with zero attached hydrogens (tertiary/aromatic N) is 15. The number of primary amides is 1. The lowest BCUT2D eigenvalue weighted by atomic mass is 10.1. The summed E-state index contributed by atoms with van der Waals surface area (Å²) in [5, 5.41) is 27.1. The van der Waals surface area contributed by atoms with E-state index in [2.05, 4.69) is 153 Å². The smallest absolute Gasteiger partial charge is 0.248 e. The highest BCUT2D eigenvalue weighted by Crippen LogP contribution is 2.35. The average molecular weight is 1600 g/mol. The van der Waals surface area contributed by atoms with Gasteiger partial charge in [-0.1, -0.05) is 12.1 Å². The molecule has 31 heteroatoms. The van der Waals surface area contributed by atoms with Crippen LogP contribution in [0.5, 0.6) is 0 Å². The number of imidazole rings is 4. The Morgan fingerprint density at radius 1 is 0.475 bits per heavy atom. The number of amides is 1. The summed E-state index contributed by atoms with van der Waals surface area (Å²) in [5.41, 5.74) is 25.2. The molecule has 0 saturated carbocycles. The van der Waals surface area contributed by atoms with Crippen LogP contribution in [0, 0.1) is 11.6 Å². The van der Waals surface area contributed by atoms with Crippen molar-refractivity contribution < 1.29 is 26.7 Å². The highest BCUT2D eigenvalue weighted by molar-refractivity contribution is 7.90. The van der Waals surface area contributed by atoms with Gasteiger partial charge in [-0.2, -0.15) is 10.2 Å². The number of carbonyl (C=O) groups excluding carboxylic acids is 1. The Morgan fingerprint density at radius 3 is 1.30 bits per heavy atom. The number of pyridine rings is 5. The molecular weight excluding hydrogens is 1520 g/mol. The highest BCUT2D eigenvalue weighted by Gasteiger charge is 2.24. The summed E-state index contributed by atoms with van der Waals surface area (Å²) in [4.78, 5) is 55.0. The standard InChI is InChI=1S/C25H25FN6O.C23H26FN7.C20H20N6O.C19H16N4O3S/c1-30-12-14-31(15-13-30)23-8-6-19(16-20(23)26)29-21-7-9-22(32-11-10-28-25(21)32)17-2-4-18(5-3-17)24(27)33;1-16(2)29-9-11-30(12-10-29)22-5-3-18(13-19(22)24)28-20-4-6-21(17-14-26-27-15-17)31-8-7-25-23(20)31;1-3-17(25-9-11-27-12-10-25)4-2-16(1)24-18-5-6-19(15-13-22-23-14-15)26-8-7-21-20(18)26;1-27(25,26)15-4-2-14(3-5-15)22-16-6-7-17(23-11-10-21-19(16)23)13-8-9-20-18(24)12-13/h2-11,16,29H,12-15H2,1H3,(H2,27,33);3-8,13-16,28H,9-12H2,1-2H3,(H,26,27);1-8,13-14,24H,9-12H2,(H,22,23);2-12,22H,1H3,(H,20,24). The maximum atomic E-state index is 15.0. The number of hydrogen-bond donors (Lipinski definition) is 8. The van der Waals surface area contributed by atoms with Crippen molar-refractivity contribution in [1.29, 1.82) is 0 Å². The minimum atomic E-state index is -3.23. The third-order valence-electron chi connectivity index (χ3n) is 21.1. The number of rotatable bonds is 18. The van der Waals surface area contributed by atoms with Crippen molar-refractivity contribution in [2.75, 3.05) is 128 Å². The lowest BCUT2D eigenvalue weighted by Gasteiger charge is -2.38. The van der Waals surface area contributed by atoms with Gasteiger partial charge in [-0.3, -0.25) is 42.3 Å². The van der Waals surface area contributed by atoms with Gasteiger partial charge in [0, 0.05) is 203 Å². The van der Waals surface area contributed by atoms with Gasteiger partial charge < -0.3 is 56.3 Å². The van der Waals surface area contributed by atoms with E-state index in [1.54, 1.807) is 73.4 Å². The van der Waals surface area contributed by atoms with Crippen molar-refractivity contribution in [2.45, 2.75) is 24.8 Å². The molecule has 28 nitrogen and oxygen atoms in total. The number of anilines is 11. The van der Waals surface area contributed by atoms with Gasteiger partial charge in [-0.05, 0) is 178 Å². The van der Waals surface area contributed by atoms with Gasteiger partial charge in [0.2, 0.25) is 11.5 Å². The summed E-state index contributed by atoms with van der Waals surface area (Å²) in [6, 6.07) is 52.4. The average Bonchev–Trinajstić information content (AvgIpc) is 1.72. The number of halogens is 2. The zero-order valence-corrected chi connectivity index (χ0v) is 66.0. The van der Waals surface area contributed by atoms with E-state index in [0.29, 0.717) is 40.0 Å². The lowest BCUT2D eigenvalue weighted by Crippen LogP contribution is -2.49. The zero-order valence-electron chi connectivity index (χ0n) is 65.2. The van der Waals surface area contributed by atoms with Crippen molar-refractivity contribution >= 4 is 101 Å². The predicted molar refractivity (Wildman–Crippen MR) is 460 cm³/mol. The zero-order chi connectivity index (χ0) is 81.4. The summed E-state index contributed by atoms with van der Waals surface area (Å²) < 4.78 is 66.4. The number of ether oxygens (including phenoxy) is 1. The Balaban J connectivity index is 0.000000118. The molecule has 0 spiro atoms. The highest BCUT2D eigenvalue weighted by atomic mass is 32.2. The van der Waals surface area contributed by atoms with E-state index in [4.69, 9.17) is 10.5 Å². The molecule has 0 bridgehead atoms. The Bertz CT molecular complexity index is 6350. The Morgan fingerprint density at radius 2 is 0.890 bits per heavy atom. The number of fused-ring (bicyclic) bond motifs is 4. The Hall–Kier alpha value is -14.0. The second-order valence-corrected chi connectivity index (χ2v) is 31.1. The van der Waals surface area contributed by atoms with E-state index >= 15 is 0 Å². The van der Waals surface area contributed by atoms with Crippen LogP contribution in [0.15, 0.2) is 260 Å². The van der Waals surface area contributed by atoms with Crippen LogP contribution in [0.3, 0.4) is 0 Å². The summed E-state index contributed by atoms with van der Waals surface area (Å²) in [5.74, 6) is -0.910. The van der Waals surface area contributed by atoms with Crippen LogP contribution in [0.1, 0.15) is 24.2 Å². The number of aromatic amines is 3. The number of aromatic nitrogens is 13. The molecule has 0 aliphatic carbocycles. The fourth-order valence-corrected chi connectivity index (χ4v) is 15.4. The minimum Gasteiger partial charge on any atom is -0.378 e. The van der Waals surface area contributed by atoms with E-state index in [1.807, 2.05) is 142 Å². The largest absolute Gasteiger partial charge is 0.378 e. The van der Waals surface area contributed by atoms with Crippen molar-refractivity contribution in [3.05, 3.63) is 278 Å². The summed E-state index contributed by atoms with van der Waals surface area (Å²) in [7, 11) is -1.15. The number of nitrogens with two attached hydrogens (primary N) is 1. The van der Waals surface area contributed by atoms with Crippen molar-refractivity contribution in [1.82, 2.24) is 72.7 Å². The molecule has 16 aromatic rings. The van der Waals surface area contributed by atoms with Gasteiger partial charge in [-0.25, -0.2) is 37.1 Å². The molecule has 9 N–H and O–H groups in total. The van der Waals surface area contributed by atoms with E-state index in [1.165, 1.54) is 24.1 Å². The maximum Gasteiger partial charge on any atom is 0.248 e. The number of likely N-dealkylation sites (N-methyl/N-ethyl adjacent to an activating group) is 1. The van der Waals surface area contributed by atoms with Crippen LogP contribution in [0.25, 0.3) is 67.6 Å². The fourth-order valence-electron chi connectivity index (χ4n) is 14.8. The number of piperazine rings is 2. The van der Waals surface area contributed by atoms with E-state index in [-0.39, 0.29) is 22.1 Å². The van der Waals surface area contributed by atoms with E-state index in [0.717, 1.165) is 175 Å². The molecule has 5 aromatic carbocycles. The first-order valence-corrected chi connectivity index (χ1v) is 40.5. The third kappa shape index (κ3) is 17.5. The number of nitrogens with one attached hydrogen (secondary N) is 7. The Labute approximate surface area is 678 Å². The van der Waals surface area contributed by atoms with E-state index in [9.17, 15) is 26.8 Å². The molecule has 0 radical (unpaired) electrons. The van der Waals surface area contributed by atoms with Gasteiger partial charge in [0.05, 0.1) is 87.4 Å². The molecule has 14 heterocycles. The second kappa shape index (κ2) is 34.6. The first kappa shape index (κ1) is 77.9. The molecular formula is C87H87F2N23O5S. The molecule has 600 valence electrons. The fraction of sp³-hybridized carbons (Fsp3) is 0.195. The predicted octanol–water partition coefficient (Wildman–Crippen LogP) is 14.0. The SMILES string of the molecule is CC(C)N1CCN(c2ccc(Nc3ccc(-c4cn[nH]c4)n4ccnc34)cc2F)CC1.CN1CCN(c2ccc(Nc3ccc(-c4ccc(C(N)=O)cc4)n4ccnc34)cc2F)CC1.CS(=O)(=O)c1ccc(Nc2ccc(-c3cc[nH]c(=O)c3)n3ccnc23)cc1.c1cn2c(-c3cn[nH]c3)ccc(Nc3ccc(N4CCOCC4)cc3)c2n1. The van der Waals surface area contributed by atoms with Crippen LogP contribution in [0.4, 0.5) is 71.3 Å². The van der Waals surface area contributed by atoms with Crippen LogP contribution < -0.4 is 47.3 Å². The van der Waals surface area contributed by atoms with Crippen LogP contribution in [-0.2, 0) is 14.6 Å². The van der Waals surface area contributed by atoms with Gasteiger partial charge in [-0.15, -0.1) is 0 Å². The van der Waals surface area contributed by atoms with Crippen LogP contribution in [-0.4, -0.2) is 185 Å². The van der Waals surface area contributed by atoms with Crippen molar-refractivity contribution in [3.8, 4) is 45.0 Å². The van der Waals surface area contributed by atoms with Gasteiger partial charge in [0.15, 0.2) is 32.4 Å². The summed E-state index contributed by atoms with van der Waals surface area (Å²) in [6.45, 7) is 15.0. The number of morpholine rings is 1. The summed E-state index contributed by atoms with van der Waals surface area (Å²) >= 11 is 0. The molecule has 3 aliphatic rings. The third-order valence-corrected chi connectivity index (χ3v) is 22.2. The quantitative estimate of drug-likeness (QED) is 0.0396. The normalized spacial score (nSPS) is 14.0. The number of hydrogen-bond acceptors (Lipinski definition) is 20. The first-order valence-electron chi connectivity index (χ1n) is 38.6. The summed E-state index contributed by atoms with van der Waals surface area (Å²) in [6.07, 6.45) is 24.6. The van der Waals surface area contributed by atoms with E-state index < -0.39 is 15.7 Å². The minimum absolute atomic E-state index is 0.172. The second-order valence-electron chi connectivity index (χ2n) is 29.1. The molecule has 11 aromatic heterocycles. The van der Waals surface area contributed by atoms with Crippen molar-refractivity contribution in [2.24, 2.45) is 5.73 Å². The van der Waals surface area contributed by atoms with Crippen LogP contribution in [0.2, 0.25) is 0 Å². The number of carbonyl (C=O) groups is 1. The molecule has 0 unspecified atom stereocenters. The van der Waals surface area contributed by atoms with Crippen LogP contribution >= 0.6 is 0 Å². The maximum absolute atomic E-state index is 15.0.